The van der Waals surface area contributed by atoms with Crippen LogP contribution in [0.4, 0.5) is 0 Å². The van der Waals surface area contributed by atoms with E-state index in [-0.39, 0.29) is 28.9 Å². The van der Waals surface area contributed by atoms with Crippen molar-refractivity contribution in [3.63, 3.8) is 0 Å². The minimum Gasteiger partial charge on any atom is -0.748 e. The first-order valence-electron chi connectivity index (χ1n) is 9.77. The SMILES string of the molecule is CC(CC(N)=O)[c-]1cccc1P(c1ccccc1)c1ccccc1.[Fe].[cH-]1[cH-][cH-][cH-][cH-]1. The van der Waals surface area contributed by atoms with E-state index in [2.05, 4.69) is 73.7 Å². The number of nitrogens with two attached hydrogens (primary N) is 1. The van der Waals surface area contributed by atoms with Crippen molar-refractivity contribution >= 4 is 29.7 Å². The third kappa shape index (κ3) is 6.54. The zero-order chi connectivity index (χ0) is 20.5. The van der Waals surface area contributed by atoms with Gasteiger partial charge in [0, 0.05) is 23.5 Å². The molecule has 0 aromatic heterocycles. The molecule has 0 fully saturated rings. The maximum atomic E-state index is 11.4. The Morgan fingerprint density at radius 1 is 0.867 bits per heavy atom. The zero-order valence-electron chi connectivity index (χ0n) is 17.0. The molecule has 30 heavy (non-hydrogen) atoms. The van der Waals surface area contributed by atoms with Gasteiger partial charge in [-0.2, -0.15) is 6.07 Å². The van der Waals surface area contributed by atoms with E-state index in [1.54, 1.807) is 0 Å². The van der Waals surface area contributed by atoms with Gasteiger partial charge < -0.3 is 36.1 Å². The van der Waals surface area contributed by atoms with E-state index in [0.717, 1.165) is 0 Å². The second-order valence-corrected chi connectivity index (χ2v) is 9.09. The number of hydrogen-bond donors (Lipinski definition) is 1. The van der Waals surface area contributed by atoms with Crippen molar-refractivity contribution in [1.82, 2.24) is 0 Å². The molecule has 0 aliphatic heterocycles. The maximum Gasteiger partial charge on any atom is 0.216 e. The maximum absolute atomic E-state index is 11.4. The largest absolute Gasteiger partial charge is 0.748 e. The topological polar surface area (TPSA) is 43.1 Å². The zero-order valence-corrected chi connectivity index (χ0v) is 19.0. The summed E-state index contributed by atoms with van der Waals surface area (Å²) < 4.78 is 0. The average molecular weight is 455 g/mol. The van der Waals surface area contributed by atoms with Gasteiger partial charge in [-0.05, 0) is 18.5 Å². The quantitative estimate of drug-likeness (QED) is 0.259. The molecule has 0 bridgehead atoms. The Morgan fingerprint density at radius 2 is 1.33 bits per heavy atom. The first-order chi connectivity index (χ1) is 14.2. The van der Waals surface area contributed by atoms with Crippen molar-refractivity contribution in [2.24, 2.45) is 5.73 Å². The van der Waals surface area contributed by atoms with Crippen LogP contribution >= 0.6 is 7.92 Å². The van der Waals surface area contributed by atoms with Crippen molar-refractivity contribution in [2.75, 3.05) is 0 Å². The van der Waals surface area contributed by atoms with Gasteiger partial charge in [0.05, 0.1) is 0 Å². The van der Waals surface area contributed by atoms with E-state index < -0.39 is 7.92 Å². The first kappa shape index (κ1) is 23.8. The minimum absolute atomic E-state index is 0. The summed E-state index contributed by atoms with van der Waals surface area (Å²) in [7, 11) is -0.639. The molecule has 160 valence electrons. The molecular weight excluding hydrogens is 429 g/mol. The van der Waals surface area contributed by atoms with Crippen LogP contribution in [0.2, 0.25) is 0 Å². The predicted molar refractivity (Wildman–Crippen MR) is 125 cm³/mol. The van der Waals surface area contributed by atoms with Gasteiger partial charge >= 0.3 is 0 Å². The van der Waals surface area contributed by atoms with Gasteiger partial charge in [-0.25, -0.2) is 12.1 Å². The van der Waals surface area contributed by atoms with Crippen molar-refractivity contribution in [1.29, 1.82) is 0 Å². The Hall–Kier alpha value is -2.44. The second kappa shape index (κ2) is 12.3. The molecule has 0 spiro atoms. The number of hydrogen-bond acceptors (Lipinski definition) is 1. The third-order valence-electron chi connectivity index (χ3n) is 4.69. The first-order valence-corrected chi connectivity index (χ1v) is 11.1. The van der Waals surface area contributed by atoms with Crippen LogP contribution in [-0.4, -0.2) is 5.91 Å². The molecule has 4 aromatic rings. The molecule has 4 aromatic carbocycles. The molecule has 2 N–H and O–H groups in total. The number of carbonyl (C=O) groups is 1. The Balaban J connectivity index is 0.000000468. The monoisotopic (exact) mass is 455 g/mol. The summed E-state index contributed by atoms with van der Waals surface area (Å²) in [6.07, 6.45) is 0.379. The summed E-state index contributed by atoms with van der Waals surface area (Å²) in [5, 5.41) is 3.95. The van der Waals surface area contributed by atoms with Crippen LogP contribution in [0.3, 0.4) is 0 Å². The fourth-order valence-corrected chi connectivity index (χ4v) is 5.94. The summed E-state index contributed by atoms with van der Waals surface area (Å²) in [5.74, 6) is -0.122. The van der Waals surface area contributed by atoms with Crippen molar-refractivity contribution in [2.45, 2.75) is 19.3 Å². The predicted octanol–water partition coefficient (Wildman–Crippen LogP) is 4.55. The molecule has 4 rings (SSSR count). The Bertz CT molecular complexity index is 924. The van der Waals surface area contributed by atoms with Gasteiger partial charge in [0.25, 0.3) is 0 Å². The van der Waals surface area contributed by atoms with Crippen molar-refractivity contribution in [3.8, 4) is 0 Å². The van der Waals surface area contributed by atoms with Gasteiger partial charge in [0.15, 0.2) is 0 Å². The van der Waals surface area contributed by atoms with E-state index >= 15 is 0 Å². The Morgan fingerprint density at radius 3 is 1.77 bits per heavy atom. The average Bonchev–Trinajstić information content (AvgIpc) is 3.45. The molecule has 1 unspecified atom stereocenters. The van der Waals surface area contributed by atoms with E-state index in [1.165, 1.54) is 21.5 Å². The molecule has 1 amide bonds. The molecule has 0 aliphatic rings. The van der Waals surface area contributed by atoms with Gasteiger partial charge in [-0.3, -0.25) is 4.79 Å². The van der Waals surface area contributed by atoms with Gasteiger partial charge in [-0.15, -0.1) is 10.9 Å². The van der Waals surface area contributed by atoms with Gasteiger partial charge in [0.1, 0.15) is 0 Å². The molecule has 0 radical (unpaired) electrons. The van der Waals surface area contributed by atoms with Crippen molar-refractivity contribution < 1.29 is 21.9 Å². The standard InChI is InChI=1S/C21H21NOP.C5H5.Fe/c1-16(15-21(22)23)19-13-8-14-20(19)24(17-9-4-2-5-10-17)18-11-6-3-7-12-18;1-2-4-5-3-1;/h2-14,16H,15H2,1H3,(H2,22,23);1-5H;/q-1;-5;. The molecule has 1 atom stereocenters. The number of primary amides is 1. The van der Waals surface area contributed by atoms with Crippen LogP contribution in [0.5, 0.6) is 0 Å². The number of amides is 1. The molecule has 0 saturated carbocycles. The van der Waals surface area contributed by atoms with Crippen LogP contribution < -0.4 is 21.6 Å². The summed E-state index contributed by atoms with van der Waals surface area (Å²) in [6, 6.07) is 37.6. The van der Waals surface area contributed by atoms with E-state index in [0.29, 0.717) is 6.42 Å². The van der Waals surface area contributed by atoms with Gasteiger partial charge in [-0.1, -0.05) is 73.5 Å². The van der Waals surface area contributed by atoms with Crippen LogP contribution in [0.25, 0.3) is 0 Å². The van der Waals surface area contributed by atoms with E-state index in [4.69, 9.17) is 5.73 Å². The molecule has 0 heterocycles. The fraction of sp³-hybridized carbons (Fsp3) is 0.115. The molecule has 0 saturated heterocycles. The van der Waals surface area contributed by atoms with Crippen LogP contribution in [0, 0.1) is 0 Å². The summed E-state index contributed by atoms with van der Waals surface area (Å²) in [5.41, 5.74) is 6.64. The molecular formula is C26H26FeNOP-6. The summed E-state index contributed by atoms with van der Waals surface area (Å²) >= 11 is 0. The number of rotatable bonds is 6. The third-order valence-corrected chi connectivity index (χ3v) is 7.21. The molecule has 4 heteroatoms. The number of carbonyl (C=O) groups excluding carboxylic acids is 1. The van der Waals surface area contributed by atoms with Crippen molar-refractivity contribution in [3.05, 3.63) is 115 Å². The number of benzene rings is 2. The Labute approximate surface area is 191 Å². The van der Waals surface area contributed by atoms with E-state index in [1.807, 2.05) is 42.5 Å². The fourth-order valence-electron chi connectivity index (χ4n) is 3.36. The van der Waals surface area contributed by atoms with Crippen LogP contribution in [0.1, 0.15) is 24.8 Å². The smallest absolute Gasteiger partial charge is 0.216 e. The van der Waals surface area contributed by atoms with Crippen LogP contribution in [-0.2, 0) is 21.9 Å². The van der Waals surface area contributed by atoms with Gasteiger partial charge in [0.2, 0.25) is 5.91 Å². The van der Waals surface area contributed by atoms with E-state index in [9.17, 15) is 4.79 Å². The summed E-state index contributed by atoms with van der Waals surface area (Å²) in [6.45, 7) is 2.08. The summed E-state index contributed by atoms with van der Waals surface area (Å²) in [4.78, 5) is 11.4. The molecule has 0 aliphatic carbocycles. The Kier molecular flexibility index (Phi) is 9.77. The van der Waals surface area contributed by atoms with Crippen LogP contribution in [0.15, 0.2) is 109 Å². The minimum atomic E-state index is -0.639. The second-order valence-electron chi connectivity index (χ2n) is 6.91. The normalized spacial score (nSPS) is 11.1. The molecule has 2 nitrogen and oxygen atoms in total.